The molecule has 1 aliphatic heterocycles. The van der Waals surface area contributed by atoms with Gasteiger partial charge in [0.1, 0.15) is 24.6 Å². The highest BCUT2D eigenvalue weighted by atomic mass is 16.5. The molecule has 212 valence electrons. The second-order valence-electron chi connectivity index (χ2n) is 9.86. The van der Waals surface area contributed by atoms with Gasteiger partial charge in [-0.1, -0.05) is 31.5 Å². The van der Waals surface area contributed by atoms with Crippen molar-refractivity contribution in [1.29, 1.82) is 5.26 Å². The van der Waals surface area contributed by atoms with E-state index in [1.165, 1.54) is 0 Å². The van der Waals surface area contributed by atoms with Crippen LogP contribution in [0.25, 0.3) is 0 Å². The molecule has 10 heteroatoms. The van der Waals surface area contributed by atoms with Crippen LogP contribution in [0, 0.1) is 17.2 Å². The number of aliphatic hydroxyl groups is 2. The minimum Gasteiger partial charge on any atom is -0.492 e. The van der Waals surface area contributed by atoms with Crippen molar-refractivity contribution in [3.05, 3.63) is 59.9 Å². The van der Waals surface area contributed by atoms with E-state index in [2.05, 4.69) is 33.2 Å². The number of ether oxygens (including phenoxy) is 2. The molecule has 3 N–H and O–H groups in total. The summed E-state index contributed by atoms with van der Waals surface area (Å²) < 4.78 is 11.7. The summed E-state index contributed by atoms with van der Waals surface area (Å²) in [5.41, 5.74) is 1.31. The third-order valence-corrected chi connectivity index (χ3v) is 6.83. The van der Waals surface area contributed by atoms with Gasteiger partial charge in [0, 0.05) is 38.9 Å². The quantitative estimate of drug-likeness (QED) is 0.311. The zero-order valence-electron chi connectivity index (χ0n) is 22.9. The topological polar surface area (TPSA) is 131 Å². The first-order chi connectivity index (χ1) is 18.9. The van der Waals surface area contributed by atoms with E-state index in [0.717, 1.165) is 50.5 Å². The van der Waals surface area contributed by atoms with E-state index in [4.69, 9.17) is 14.6 Å². The van der Waals surface area contributed by atoms with Gasteiger partial charge in [0.25, 0.3) is 0 Å². The molecule has 10 nitrogen and oxygen atoms in total. The third-order valence-electron chi connectivity index (χ3n) is 6.83. The first kappa shape index (κ1) is 30.5. The largest absolute Gasteiger partial charge is 0.492 e. The SMILES string of the molecule is CCCC(NC(=O)C(C#N)C(OCC(O)CO)c1ccccn1)c1ccc(OCCN2CCN(C)CC2)cc1. The number of hydrogen-bond donors (Lipinski definition) is 3. The van der Waals surface area contributed by atoms with Gasteiger partial charge in [0.2, 0.25) is 5.91 Å². The molecule has 0 bridgehead atoms. The van der Waals surface area contributed by atoms with E-state index in [0.29, 0.717) is 18.7 Å². The molecule has 2 aromatic rings. The van der Waals surface area contributed by atoms with E-state index >= 15 is 0 Å². The van der Waals surface area contributed by atoms with Gasteiger partial charge in [-0.25, -0.2) is 0 Å². The first-order valence-electron chi connectivity index (χ1n) is 13.6. The zero-order valence-corrected chi connectivity index (χ0v) is 22.9. The van der Waals surface area contributed by atoms with E-state index in [1.807, 2.05) is 31.2 Å². The van der Waals surface area contributed by atoms with Crippen molar-refractivity contribution in [1.82, 2.24) is 20.1 Å². The Morgan fingerprint density at radius 1 is 1.18 bits per heavy atom. The van der Waals surface area contributed by atoms with E-state index in [9.17, 15) is 15.2 Å². The Morgan fingerprint density at radius 2 is 1.92 bits per heavy atom. The number of rotatable bonds is 15. The Hall–Kier alpha value is -3.07. The predicted octanol–water partition coefficient (Wildman–Crippen LogP) is 1.92. The molecule has 1 saturated heterocycles. The summed E-state index contributed by atoms with van der Waals surface area (Å²) in [7, 11) is 2.14. The number of pyridine rings is 1. The van der Waals surface area contributed by atoms with Crippen LogP contribution in [0.3, 0.4) is 0 Å². The normalized spacial score (nSPS) is 17.5. The minimum atomic E-state index is -1.21. The molecule has 0 aliphatic carbocycles. The summed E-state index contributed by atoms with van der Waals surface area (Å²) in [4.78, 5) is 22.3. The van der Waals surface area contributed by atoms with Gasteiger partial charge in [-0.3, -0.25) is 14.7 Å². The van der Waals surface area contributed by atoms with Crippen LogP contribution in [0.4, 0.5) is 0 Å². The molecule has 4 atom stereocenters. The van der Waals surface area contributed by atoms with Gasteiger partial charge in [-0.05, 0) is 43.3 Å². The molecule has 1 aromatic heterocycles. The maximum absolute atomic E-state index is 13.4. The highest BCUT2D eigenvalue weighted by Gasteiger charge is 2.33. The number of carbonyl (C=O) groups excluding carboxylic acids is 1. The molecule has 4 unspecified atom stereocenters. The Bertz CT molecular complexity index is 1020. The summed E-state index contributed by atoms with van der Waals surface area (Å²) in [6, 6.07) is 14.6. The van der Waals surface area contributed by atoms with Gasteiger partial charge < -0.3 is 29.9 Å². The highest BCUT2D eigenvalue weighted by Crippen LogP contribution is 2.27. The standard InChI is InChI=1S/C29H41N5O5/c1-3-6-26(22-8-10-24(11-9-22)38-18-17-34-15-13-33(2)14-16-34)32-29(37)25(19-30)28(39-21-23(36)20-35)27-7-4-5-12-31-27/h4-5,7-12,23,25-26,28,35-36H,3,6,13-18,20-21H2,1-2H3,(H,32,37). The van der Waals surface area contributed by atoms with Crippen molar-refractivity contribution in [2.45, 2.75) is 38.0 Å². The average Bonchev–Trinajstić information content (AvgIpc) is 2.96. The lowest BCUT2D eigenvalue weighted by molar-refractivity contribution is -0.130. The highest BCUT2D eigenvalue weighted by molar-refractivity contribution is 5.82. The maximum Gasteiger partial charge on any atom is 0.240 e. The van der Waals surface area contributed by atoms with Crippen LogP contribution in [0.1, 0.15) is 43.2 Å². The van der Waals surface area contributed by atoms with Crippen LogP contribution in [0.5, 0.6) is 5.75 Å². The summed E-state index contributed by atoms with van der Waals surface area (Å²) >= 11 is 0. The van der Waals surface area contributed by atoms with Crippen molar-refractivity contribution in [2.24, 2.45) is 5.92 Å². The van der Waals surface area contributed by atoms with Crippen molar-refractivity contribution in [3.8, 4) is 11.8 Å². The van der Waals surface area contributed by atoms with Gasteiger partial charge in [0.15, 0.2) is 5.92 Å². The zero-order chi connectivity index (χ0) is 28.0. The Balaban J connectivity index is 1.63. The number of hydrogen-bond acceptors (Lipinski definition) is 9. The number of aromatic nitrogens is 1. The summed E-state index contributed by atoms with van der Waals surface area (Å²) in [6.07, 6.45) is 0.930. The van der Waals surface area contributed by atoms with Crippen molar-refractivity contribution in [3.63, 3.8) is 0 Å². The number of nitrogens with one attached hydrogen (secondary N) is 1. The van der Waals surface area contributed by atoms with Gasteiger partial charge in [0.05, 0.1) is 31.0 Å². The number of nitrogens with zero attached hydrogens (tertiary/aromatic N) is 4. The van der Waals surface area contributed by atoms with Crippen LogP contribution in [-0.4, -0.2) is 96.6 Å². The third kappa shape index (κ3) is 9.56. The lowest BCUT2D eigenvalue weighted by atomic mass is 9.96. The lowest BCUT2D eigenvalue weighted by Gasteiger charge is -2.32. The Kier molecular flexibility index (Phi) is 12.6. The molecule has 1 aromatic carbocycles. The van der Waals surface area contributed by atoms with Crippen molar-refractivity contribution >= 4 is 5.91 Å². The van der Waals surface area contributed by atoms with Gasteiger partial charge in [-0.2, -0.15) is 5.26 Å². The number of aliphatic hydroxyl groups excluding tert-OH is 2. The molecule has 0 spiro atoms. The van der Waals surface area contributed by atoms with E-state index in [1.54, 1.807) is 24.4 Å². The second-order valence-corrected chi connectivity index (χ2v) is 9.86. The van der Waals surface area contributed by atoms with Crippen LogP contribution in [0.15, 0.2) is 48.7 Å². The van der Waals surface area contributed by atoms with Gasteiger partial charge >= 0.3 is 0 Å². The minimum absolute atomic E-state index is 0.238. The van der Waals surface area contributed by atoms with Crippen LogP contribution in [0.2, 0.25) is 0 Å². The molecule has 1 amide bonds. The monoisotopic (exact) mass is 539 g/mol. The molecule has 3 rings (SSSR count). The molecule has 1 aliphatic rings. The predicted molar refractivity (Wildman–Crippen MR) is 147 cm³/mol. The van der Waals surface area contributed by atoms with Crippen LogP contribution < -0.4 is 10.1 Å². The summed E-state index contributed by atoms with van der Waals surface area (Å²) in [5, 5.41) is 31.9. The molecule has 39 heavy (non-hydrogen) atoms. The van der Waals surface area contributed by atoms with E-state index < -0.39 is 30.6 Å². The smallest absolute Gasteiger partial charge is 0.240 e. The Labute approximate surface area is 231 Å². The van der Waals surface area contributed by atoms with Crippen LogP contribution in [-0.2, 0) is 9.53 Å². The van der Waals surface area contributed by atoms with Crippen LogP contribution >= 0.6 is 0 Å². The fourth-order valence-electron chi connectivity index (χ4n) is 4.46. The summed E-state index contributed by atoms with van der Waals surface area (Å²) in [5.74, 6) is -0.921. The molecular formula is C29H41N5O5. The number of carbonyl (C=O) groups is 1. The average molecular weight is 540 g/mol. The van der Waals surface area contributed by atoms with Crippen molar-refractivity contribution in [2.75, 3.05) is 59.6 Å². The first-order valence-corrected chi connectivity index (χ1v) is 13.6. The second kappa shape index (κ2) is 16.1. The molecule has 0 radical (unpaired) electrons. The molecule has 1 fully saturated rings. The summed E-state index contributed by atoms with van der Waals surface area (Å²) in [6.45, 7) is 7.05. The van der Waals surface area contributed by atoms with E-state index in [-0.39, 0.29) is 12.6 Å². The fourth-order valence-corrected chi connectivity index (χ4v) is 4.46. The number of nitriles is 1. The number of likely N-dealkylation sites (N-methyl/N-ethyl adjacent to an activating group) is 1. The maximum atomic E-state index is 13.4. The lowest BCUT2D eigenvalue weighted by Crippen LogP contribution is -2.45. The molecule has 2 heterocycles. The van der Waals surface area contributed by atoms with Crippen molar-refractivity contribution < 1.29 is 24.5 Å². The Morgan fingerprint density at radius 3 is 2.54 bits per heavy atom. The fraction of sp³-hybridized carbons (Fsp3) is 0.552. The number of amides is 1. The molecular weight excluding hydrogens is 498 g/mol. The van der Waals surface area contributed by atoms with Gasteiger partial charge in [-0.15, -0.1) is 0 Å². The number of benzene rings is 1. The number of piperazine rings is 1. The molecule has 0 saturated carbocycles.